The number of rotatable bonds is 5. The maximum Gasteiger partial charge on any atom is 0.174 e. The molecule has 2 atom stereocenters. The molecule has 2 aromatic carbocycles. The Morgan fingerprint density at radius 3 is 2.44 bits per heavy atom. The van der Waals surface area contributed by atoms with Crippen molar-refractivity contribution in [2.75, 3.05) is 12.0 Å². The number of hydrogen-bond donors (Lipinski definition) is 1. The second kappa shape index (κ2) is 8.95. The highest BCUT2D eigenvalue weighted by Crippen LogP contribution is 2.44. The van der Waals surface area contributed by atoms with Gasteiger partial charge in [-0.1, -0.05) is 24.3 Å². The lowest BCUT2D eigenvalue weighted by atomic mass is 9.96. The molecule has 0 aliphatic carbocycles. The van der Waals surface area contributed by atoms with E-state index in [-0.39, 0.29) is 12.1 Å². The number of pyridine rings is 1. The number of nitrogens with one attached hydrogen (secondary N) is 1. The second-order valence-corrected chi connectivity index (χ2v) is 9.09. The summed E-state index contributed by atoms with van der Waals surface area (Å²) in [5.74, 6) is 0.797. The smallest absolute Gasteiger partial charge is 0.174 e. The summed E-state index contributed by atoms with van der Waals surface area (Å²) in [4.78, 5) is 6.88. The van der Waals surface area contributed by atoms with Crippen molar-refractivity contribution in [3.05, 3.63) is 107 Å². The first kappa shape index (κ1) is 22.2. The largest absolute Gasteiger partial charge is 0.497 e. The molecule has 1 aliphatic rings. The van der Waals surface area contributed by atoms with Gasteiger partial charge in [-0.15, -0.1) is 0 Å². The number of benzene rings is 2. The van der Waals surface area contributed by atoms with E-state index in [1.165, 1.54) is 22.5 Å². The van der Waals surface area contributed by atoms with E-state index in [4.69, 9.17) is 17.0 Å². The van der Waals surface area contributed by atoms with Crippen LogP contribution in [0.1, 0.15) is 40.3 Å². The first-order valence-electron chi connectivity index (χ1n) is 11.4. The molecule has 5 nitrogen and oxygen atoms in total. The van der Waals surface area contributed by atoms with Crippen LogP contribution in [0.5, 0.6) is 5.75 Å². The highest BCUT2D eigenvalue weighted by atomic mass is 32.1. The molecule has 0 saturated carbocycles. The van der Waals surface area contributed by atoms with Gasteiger partial charge in [-0.05, 0) is 86.6 Å². The van der Waals surface area contributed by atoms with E-state index in [2.05, 4.69) is 83.0 Å². The zero-order chi connectivity index (χ0) is 23.8. The molecular formula is C28H28N4OS. The molecule has 1 aliphatic heterocycles. The molecule has 0 unspecified atom stereocenters. The highest BCUT2D eigenvalue weighted by Gasteiger charge is 2.42. The third kappa shape index (κ3) is 3.84. The highest BCUT2D eigenvalue weighted by molar-refractivity contribution is 7.80. The van der Waals surface area contributed by atoms with Gasteiger partial charge in [0.05, 0.1) is 24.9 Å². The van der Waals surface area contributed by atoms with Gasteiger partial charge in [-0.3, -0.25) is 4.98 Å². The average Bonchev–Trinajstić information content (AvgIpc) is 3.34. The Balaban J connectivity index is 1.69. The van der Waals surface area contributed by atoms with E-state index in [0.717, 1.165) is 22.8 Å². The number of aromatic nitrogens is 2. The summed E-state index contributed by atoms with van der Waals surface area (Å²) in [6.07, 6.45) is 1.83. The molecule has 0 amide bonds. The lowest BCUT2D eigenvalue weighted by Gasteiger charge is -2.28. The van der Waals surface area contributed by atoms with Crippen molar-refractivity contribution in [2.45, 2.75) is 32.9 Å². The van der Waals surface area contributed by atoms with E-state index >= 15 is 0 Å². The maximum absolute atomic E-state index is 5.89. The Bertz CT molecular complexity index is 1350. The first-order chi connectivity index (χ1) is 16.5. The topological polar surface area (TPSA) is 42.3 Å². The molecule has 1 N–H and O–H groups in total. The van der Waals surface area contributed by atoms with Gasteiger partial charge in [0.2, 0.25) is 0 Å². The van der Waals surface area contributed by atoms with Crippen molar-refractivity contribution in [2.24, 2.45) is 0 Å². The molecule has 0 radical (unpaired) electrons. The van der Waals surface area contributed by atoms with Crippen LogP contribution in [0.2, 0.25) is 0 Å². The SMILES string of the molecule is COc1cccc(N2C(=S)N[C@H](c3ccccn3)[C@H]2c2cc(C)n(-c3cccc(C)c3)c2C)c1. The molecule has 6 heteroatoms. The standard InChI is InChI=1S/C28H28N4OS/c1-18-9-7-10-21(15-18)31-19(2)16-24(20(31)3)27-26(25-13-5-6-14-29-25)30-28(34)32(27)22-11-8-12-23(17-22)33-4/h5-17,26-27H,1-4H3,(H,30,34)/t26-,27-/m1/s1. The lowest BCUT2D eigenvalue weighted by molar-refractivity contribution is 0.415. The first-order valence-corrected chi connectivity index (χ1v) is 11.8. The Kier molecular flexibility index (Phi) is 5.84. The molecule has 1 fully saturated rings. The van der Waals surface area contributed by atoms with Crippen LogP contribution >= 0.6 is 12.2 Å². The summed E-state index contributed by atoms with van der Waals surface area (Å²) in [6, 6.07) is 24.8. The number of aryl methyl sites for hydroxylation is 2. The fourth-order valence-electron chi connectivity index (χ4n) is 4.96. The summed E-state index contributed by atoms with van der Waals surface area (Å²) < 4.78 is 7.83. The van der Waals surface area contributed by atoms with Gasteiger partial charge in [0.15, 0.2) is 5.11 Å². The van der Waals surface area contributed by atoms with Crippen LogP contribution in [0.15, 0.2) is 79.0 Å². The van der Waals surface area contributed by atoms with Crippen molar-refractivity contribution in [3.8, 4) is 11.4 Å². The van der Waals surface area contributed by atoms with Gasteiger partial charge < -0.3 is 19.5 Å². The predicted octanol–water partition coefficient (Wildman–Crippen LogP) is 5.98. The van der Waals surface area contributed by atoms with E-state index in [1.807, 2.05) is 36.5 Å². The van der Waals surface area contributed by atoms with Crippen LogP contribution in [0.25, 0.3) is 5.69 Å². The summed E-state index contributed by atoms with van der Waals surface area (Å²) in [7, 11) is 1.68. The summed E-state index contributed by atoms with van der Waals surface area (Å²) in [5, 5.41) is 4.23. The van der Waals surface area contributed by atoms with Crippen molar-refractivity contribution in [3.63, 3.8) is 0 Å². The fraction of sp³-hybridized carbons (Fsp3) is 0.214. The molecule has 1 saturated heterocycles. The third-order valence-electron chi connectivity index (χ3n) is 6.48. The van der Waals surface area contributed by atoms with Gasteiger partial charge in [0.25, 0.3) is 0 Å². The Hall–Kier alpha value is -3.64. The third-order valence-corrected chi connectivity index (χ3v) is 6.79. The van der Waals surface area contributed by atoms with Crippen LogP contribution in [0.3, 0.4) is 0 Å². The van der Waals surface area contributed by atoms with Crippen LogP contribution in [-0.4, -0.2) is 21.8 Å². The van der Waals surface area contributed by atoms with E-state index in [9.17, 15) is 0 Å². The number of methoxy groups -OCH3 is 1. The van der Waals surface area contributed by atoms with Crippen molar-refractivity contribution in [1.82, 2.24) is 14.9 Å². The van der Waals surface area contributed by atoms with Crippen LogP contribution in [-0.2, 0) is 0 Å². The quantitative estimate of drug-likeness (QED) is 0.365. The molecule has 0 bridgehead atoms. The molecule has 172 valence electrons. The molecule has 3 heterocycles. The Labute approximate surface area is 206 Å². The number of anilines is 1. The number of nitrogens with zero attached hydrogens (tertiary/aromatic N) is 3. The Morgan fingerprint density at radius 2 is 1.71 bits per heavy atom. The minimum atomic E-state index is -0.0913. The second-order valence-electron chi connectivity index (χ2n) is 8.70. The molecule has 0 spiro atoms. The summed E-state index contributed by atoms with van der Waals surface area (Å²) in [6.45, 7) is 6.47. The van der Waals surface area contributed by atoms with Crippen LogP contribution in [0.4, 0.5) is 5.69 Å². The molecule has 5 rings (SSSR count). The lowest BCUT2D eigenvalue weighted by Crippen LogP contribution is -2.29. The van der Waals surface area contributed by atoms with E-state index in [1.54, 1.807) is 7.11 Å². The average molecular weight is 469 g/mol. The fourth-order valence-corrected chi connectivity index (χ4v) is 5.31. The minimum absolute atomic E-state index is 0.0701. The van der Waals surface area contributed by atoms with Crippen molar-refractivity contribution >= 4 is 23.0 Å². The van der Waals surface area contributed by atoms with Crippen molar-refractivity contribution < 1.29 is 4.74 Å². The Morgan fingerprint density at radius 1 is 0.912 bits per heavy atom. The summed E-state index contributed by atoms with van der Waals surface area (Å²) in [5.41, 5.74) is 7.93. The van der Waals surface area contributed by atoms with Gasteiger partial charge in [-0.2, -0.15) is 0 Å². The van der Waals surface area contributed by atoms with Gasteiger partial charge in [0, 0.05) is 35.0 Å². The van der Waals surface area contributed by atoms with Crippen LogP contribution < -0.4 is 15.0 Å². The normalized spacial score (nSPS) is 17.6. The number of ether oxygens (including phenoxy) is 1. The van der Waals surface area contributed by atoms with Gasteiger partial charge >= 0.3 is 0 Å². The molecule has 4 aromatic rings. The zero-order valence-corrected chi connectivity index (χ0v) is 20.6. The monoisotopic (exact) mass is 468 g/mol. The molecule has 34 heavy (non-hydrogen) atoms. The predicted molar refractivity (Wildman–Crippen MR) is 141 cm³/mol. The van der Waals surface area contributed by atoms with Crippen molar-refractivity contribution in [1.29, 1.82) is 0 Å². The zero-order valence-electron chi connectivity index (χ0n) is 19.8. The van der Waals surface area contributed by atoms with Gasteiger partial charge in [-0.25, -0.2) is 0 Å². The van der Waals surface area contributed by atoms with E-state index < -0.39 is 0 Å². The maximum atomic E-state index is 5.89. The van der Waals surface area contributed by atoms with E-state index in [0.29, 0.717) is 5.11 Å². The van der Waals surface area contributed by atoms with Gasteiger partial charge in [0.1, 0.15) is 5.75 Å². The minimum Gasteiger partial charge on any atom is -0.497 e. The molecule has 2 aromatic heterocycles. The summed E-state index contributed by atoms with van der Waals surface area (Å²) >= 11 is 5.89. The molecular weight excluding hydrogens is 440 g/mol. The number of thiocarbonyl (C=S) groups is 1. The number of hydrogen-bond acceptors (Lipinski definition) is 3. The van der Waals surface area contributed by atoms with Crippen LogP contribution in [0, 0.1) is 20.8 Å².